The highest BCUT2D eigenvalue weighted by Crippen LogP contribution is 2.28. The number of hydrogen-bond acceptors (Lipinski definition) is 5. The zero-order valence-electron chi connectivity index (χ0n) is 12.9. The Labute approximate surface area is 143 Å². The number of aryl methyl sites for hydroxylation is 1. The van der Waals surface area contributed by atoms with Crippen LogP contribution in [0.25, 0.3) is 0 Å². The minimum absolute atomic E-state index is 0.167. The minimum atomic E-state index is -3.91. The van der Waals surface area contributed by atoms with Crippen LogP contribution in [0.3, 0.4) is 0 Å². The van der Waals surface area contributed by atoms with Gasteiger partial charge in [0.25, 0.3) is 0 Å². The third-order valence-corrected chi connectivity index (χ3v) is 5.63. The lowest BCUT2D eigenvalue weighted by Crippen LogP contribution is -2.33. The molecule has 0 aliphatic carbocycles. The van der Waals surface area contributed by atoms with Crippen molar-refractivity contribution >= 4 is 21.6 Å². The van der Waals surface area contributed by atoms with Gasteiger partial charge in [-0.3, -0.25) is 0 Å². The largest absolute Gasteiger partial charge is 0.377 e. The predicted octanol–water partition coefficient (Wildman–Crippen LogP) is 2.03. The van der Waals surface area contributed by atoms with Gasteiger partial charge in [0.1, 0.15) is 23.1 Å². The van der Waals surface area contributed by atoms with E-state index >= 15 is 0 Å². The van der Waals surface area contributed by atoms with Gasteiger partial charge in [0.2, 0.25) is 10.0 Å². The zero-order chi connectivity index (χ0) is 17.3. The van der Waals surface area contributed by atoms with Gasteiger partial charge in [-0.2, -0.15) is 5.10 Å². The number of nitrogens with zero attached hydrogens (tertiary/aromatic N) is 3. The van der Waals surface area contributed by atoms with Crippen LogP contribution in [0.2, 0.25) is 5.02 Å². The molecule has 0 saturated carbocycles. The summed E-state index contributed by atoms with van der Waals surface area (Å²) in [4.78, 5) is 4.18. The molecule has 130 valence electrons. The summed E-state index contributed by atoms with van der Waals surface area (Å²) in [6.45, 7) is 0.921. The standard InChI is InChI=1S/C14H16ClFN4O3S/c1-23-8-13-17-14-11(3-2-6-20(14)18-13)19-24(21,22)12-5-4-9(16)7-10(12)15/h4-5,7,11,19H,2-3,6,8H2,1H3/t11-/m1/s1. The summed E-state index contributed by atoms with van der Waals surface area (Å²) in [5, 5.41) is 4.13. The lowest BCUT2D eigenvalue weighted by Gasteiger charge is -2.23. The number of benzene rings is 1. The van der Waals surface area contributed by atoms with Crippen molar-refractivity contribution < 1.29 is 17.5 Å². The van der Waals surface area contributed by atoms with Crippen molar-refractivity contribution in [3.63, 3.8) is 0 Å². The Morgan fingerprint density at radius 3 is 3.00 bits per heavy atom. The second-order valence-corrected chi connectivity index (χ2v) is 7.52. The molecule has 1 atom stereocenters. The summed E-state index contributed by atoms with van der Waals surface area (Å²) in [6, 6.07) is 2.64. The van der Waals surface area contributed by atoms with Crippen LogP contribution in [0.15, 0.2) is 23.1 Å². The van der Waals surface area contributed by atoms with Gasteiger partial charge in [0, 0.05) is 13.7 Å². The fourth-order valence-electron chi connectivity index (χ4n) is 2.65. The van der Waals surface area contributed by atoms with Crippen molar-refractivity contribution in [3.05, 3.63) is 40.7 Å². The van der Waals surface area contributed by atoms with Crippen molar-refractivity contribution in [2.24, 2.45) is 0 Å². The molecule has 0 spiro atoms. The Morgan fingerprint density at radius 1 is 1.50 bits per heavy atom. The van der Waals surface area contributed by atoms with E-state index in [2.05, 4.69) is 14.8 Å². The Morgan fingerprint density at radius 2 is 2.29 bits per heavy atom. The Balaban J connectivity index is 1.89. The highest BCUT2D eigenvalue weighted by molar-refractivity contribution is 7.89. The van der Waals surface area contributed by atoms with Crippen LogP contribution in [0.5, 0.6) is 0 Å². The summed E-state index contributed by atoms with van der Waals surface area (Å²) >= 11 is 5.87. The molecule has 0 saturated heterocycles. The fraction of sp³-hybridized carbons (Fsp3) is 0.429. The van der Waals surface area contributed by atoms with Crippen molar-refractivity contribution in [3.8, 4) is 0 Å². The molecule has 1 aliphatic heterocycles. The average Bonchev–Trinajstić information content (AvgIpc) is 2.90. The topological polar surface area (TPSA) is 86.1 Å². The lowest BCUT2D eigenvalue weighted by molar-refractivity contribution is 0.177. The predicted molar refractivity (Wildman–Crippen MR) is 84.4 cm³/mol. The van der Waals surface area contributed by atoms with E-state index in [0.717, 1.165) is 24.6 Å². The molecule has 10 heteroatoms. The molecule has 1 N–H and O–H groups in total. The van der Waals surface area contributed by atoms with E-state index in [1.807, 2.05) is 0 Å². The van der Waals surface area contributed by atoms with Crippen molar-refractivity contribution in [2.75, 3.05) is 7.11 Å². The number of nitrogens with one attached hydrogen (secondary N) is 1. The maximum atomic E-state index is 13.1. The number of fused-ring (bicyclic) bond motifs is 1. The number of methoxy groups -OCH3 is 1. The molecule has 0 amide bonds. The van der Waals surface area contributed by atoms with Crippen molar-refractivity contribution in [1.29, 1.82) is 0 Å². The first-order valence-electron chi connectivity index (χ1n) is 7.30. The zero-order valence-corrected chi connectivity index (χ0v) is 14.4. The van der Waals surface area contributed by atoms with Crippen LogP contribution in [0.1, 0.15) is 30.5 Å². The first-order valence-corrected chi connectivity index (χ1v) is 9.17. The number of halogens is 2. The molecule has 1 aromatic carbocycles. The lowest BCUT2D eigenvalue weighted by atomic mass is 10.1. The highest BCUT2D eigenvalue weighted by Gasteiger charge is 2.30. The van der Waals surface area contributed by atoms with E-state index in [-0.39, 0.29) is 16.5 Å². The van der Waals surface area contributed by atoms with Gasteiger partial charge >= 0.3 is 0 Å². The third-order valence-electron chi connectivity index (χ3n) is 3.67. The van der Waals surface area contributed by atoms with Gasteiger partial charge in [0.05, 0.1) is 11.1 Å². The smallest absolute Gasteiger partial charge is 0.242 e. The molecule has 3 rings (SSSR count). The number of hydrogen-bond donors (Lipinski definition) is 1. The number of aromatic nitrogens is 3. The summed E-state index contributed by atoms with van der Waals surface area (Å²) in [7, 11) is -2.38. The van der Waals surface area contributed by atoms with Gasteiger partial charge in [-0.1, -0.05) is 11.6 Å². The molecule has 24 heavy (non-hydrogen) atoms. The van der Waals surface area contributed by atoms with Crippen LogP contribution < -0.4 is 4.72 Å². The van der Waals surface area contributed by atoms with Gasteiger partial charge in [-0.15, -0.1) is 0 Å². The summed E-state index contributed by atoms with van der Waals surface area (Å²) < 4.78 is 47.6. The maximum Gasteiger partial charge on any atom is 0.242 e. The van der Waals surface area contributed by atoms with Crippen LogP contribution in [-0.4, -0.2) is 30.3 Å². The van der Waals surface area contributed by atoms with Crippen molar-refractivity contribution in [2.45, 2.75) is 36.9 Å². The number of ether oxygens (including phenoxy) is 1. The summed E-state index contributed by atoms with van der Waals surface area (Å²) in [5.41, 5.74) is 0. The molecule has 1 aromatic heterocycles. The molecular formula is C14H16ClFN4O3S. The molecule has 0 radical (unpaired) electrons. The average molecular weight is 375 g/mol. The molecule has 0 bridgehead atoms. The van der Waals surface area contributed by atoms with Gasteiger partial charge in [0.15, 0.2) is 5.82 Å². The van der Waals surface area contributed by atoms with Crippen molar-refractivity contribution in [1.82, 2.24) is 19.5 Å². The molecule has 7 nitrogen and oxygen atoms in total. The molecule has 0 fully saturated rings. The van der Waals surface area contributed by atoms with E-state index in [9.17, 15) is 12.8 Å². The molecule has 0 unspecified atom stereocenters. The van der Waals surface area contributed by atoms with Crippen LogP contribution in [-0.2, 0) is 27.9 Å². The minimum Gasteiger partial charge on any atom is -0.377 e. The normalized spacial score (nSPS) is 17.7. The van der Waals surface area contributed by atoms with Gasteiger partial charge in [-0.05, 0) is 31.0 Å². The fourth-order valence-corrected chi connectivity index (χ4v) is 4.40. The molecule has 2 heterocycles. The SMILES string of the molecule is COCc1nc2n(n1)CCC[C@H]2NS(=O)(=O)c1ccc(F)cc1Cl. The summed E-state index contributed by atoms with van der Waals surface area (Å²) in [5.74, 6) is 0.439. The van der Waals surface area contributed by atoms with E-state index in [1.54, 1.807) is 4.68 Å². The Bertz CT molecular complexity index is 856. The maximum absolute atomic E-state index is 13.1. The third kappa shape index (κ3) is 3.44. The van der Waals surface area contributed by atoms with E-state index < -0.39 is 21.9 Å². The first-order chi connectivity index (χ1) is 11.4. The second-order valence-electron chi connectivity index (χ2n) is 5.43. The van der Waals surface area contributed by atoms with Crippen LogP contribution in [0, 0.1) is 5.82 Å². The Kier molecular flexibility index (Phi) is 4.86. The molecule has 2 aromatic rings. The molecule has 1 aliphatic rings. The quantitative estimate of drug-likeness (QED) is 0.865. The number of rotatable bonds is 5. The first kappa shape index (κ1) is 17.3. The van der Waals surface area contributed by atoms with Gasteiger partial charge < -0.3 is 4.74 Å². The second kappa shape index (κ2) is 6.75. The number of sulfonamides is 1. The van der Waals surface area contributed by atoms with E-state index in [4.69, 9.17) is 16.3 Å². The van der Waals surface area contributed by atoms with E-state index in [0.29, 0.717) is 24.6 Å². The summed E-state index contributed by atoms with van der Waals surface area (Å²) in [6.07, 6.45) is 1.34. The van der Waals surface area contributed by atoms with E-state index in [1.165, 1.54) is 7.11 Å². The van der Waals surface area contributed by atoms with Gasteiger partial charge in [-0.25, -0.2) is 27.2 Å². The highest BCUT2D eigenvalue weighted by atomic mass is 35.5. The van der Waals surface area contributed by atoms with Crippen LogP contribution in [0.4, 0.5) is 4.39 Å². The molecular weight excluding hydrogens is 359 g/mol. The Hall–Kier alpha value is -1.55. The monoisotopic (exact) mass is 374 g/mol. The van der Waals surface area contributed by atoms with Crippen LogP contribution >= 0.6 is 11.6 Å².